The van der Waals surface area contributed by atoms with Gasteiger partial charge in [0, 0.05) is 13.2 Å². The lowest BCUT2D eigenvalue weighted by Crippen LogP contribution is -2.39. The van der Waals surface area contributed by atoms with Crippen LogP contribution in [0.4, 0.5) is 0 Å². The van der Waals surface area contributed by atoms with Gasteiger partial charge in [0.2, 0.25) is 5.91 Å². The summed E-state index contributed by atoms with van der Waals surface area (Å²) >= 11 is 0. The highest BCUT2D eigenvalue weighted by molar-refractivity contribution is 5.80. The molecule has 3 heteroatoms. The van der Waals surface area contributed by atoms with E-state index >= 15 is 0 Å². The van der Waals surface area contributed by atoms with Gasteiger partial charge in [-0.2, -0.15) is 0 Å². The molecule has 0 fully saturated rings. The van der Waals surface area contributed by atoms with Crippen LogP contribution in [0.2, 0.25) is 0 Å². The average Bonchev–Trinajstić information content (AvgIpc) is 2.13. The van der Waals surface area contributed by atoms with Crippen molar-refractivity contribution in [2.75, 3.05) is 7.11 Å². The summed E-state index contributed by atoms with van der Waals surface area (Å²) in [5.41, 5.74) is 0. The molecule has 0 aliphatic carbocycles. The molecule has 0 aliphatic heterocycles. The second-order valence-electron chi connectivity index (χ2n) is 4.26. The normalized spacial score (nSPS) is 15.3. The fourth-order valence-corrected chi connectivity index (χ4v) is 1.12. The number of rotatable bonds is 6. The van der Waals surface area contributed by atoms with E-state index in [0.717, 1.165) is 12.8 Å². The number of nitrogens with one attached hydrogen (secondary N) is 1. The second kappa shape index (κ2) is 6.82. The fourth-order valence-electron chi connectivity index (χ4n) is 1.12. The maximum Gasteiger partial charge on any atom is 0.249 e. The van der Waals surface area contributed by atoms with E-state index in [1.165, 1.54) is 0 Å². The summed E-state index contributed by atoms with van der Waals surface area (Å²) < 4.78 is 4.93. The molecule has 84 valence electrons. The molecule has 2 atom stereocenters. The Bertz CT molecular complexity index is 169. The molecule has 0 bridgehead atoms. The largest absolute Gasteiger partial charge is 0.372 e. The first kappa shape index (κ1) is 13.4. The standard InChI is InChI=1S/C11H23NO2/c1-8(2)6-7-9(3)12-11(13)10(4)14-5/h8-10H,6-7H2,1-5H3,(H,12,13). The van der Waals surface area contributed by atoms with Crippen LogP contribution in [-0.4, -0.2) is 25.2 Å². The van der Waals surface area contributed by atoms with Crippen LogP contribution in [0.3, 0.4) is 0 Å². The Morgan fingerprint density at radius 2 is 1.79 bits per heavy atom. The van der Waals surface area contributed by atoms with Gasteiger partial charge in [0.05, 0.1) is 0 Å². The molecule has 1 amide bonds. The Kier molecular flexibility index (Phi) is 6.54. The second-order valence-corrected chi connectivity index (χ2v) is 4.26. The van der Waals surface area contributed by atoms with Gasteiger partial charge < -0.3 is 10.1 Å². The zero-order valence-electron chi connectivity index (χ0n) is 9.96. The lowest BCUT2D eigenvalue weighted by atomic mass is 10.0. The van der Waals surface area contributed by atoms with Gasteiger partial charge in [-0.1, -0.05) is 13.8 Å². The fraction of sp³-hybridized carbons (Fsp3) is 0.909. The minimum Gasteiger partial charge on any atom is -0.372 e. The van der Waals surface area contributed by atoms with Gasteiger partial charge in [-0.25, -0.2) is 0 Å². The van der Waals surface area contributed by atoms with E-state index in [9.17, 15) is 4.79 Å². The monoisotopic (exact) mass is 201 g/mol. The highest BCUT2D eigenvalue weighted by Gasteiger charge is 2.13. The molecule has 0 rings (SSSR count). The molecular weight excluding hydrogens is 178 g/mol. The van der Waals surface area contributed by atoms with Crippen LogP contribution in [0.25, 0.3) is 0 Å². The summed E-state index contributed by atoms with van der Waals surface area (Å²) in [6.07, 6.45) is 1.82. The molecule has 0 saturated heterocycles. The molecule has 2 unspecified atom stereocenters. The van der Waals surface area contributed by atoms with Gasteiger partial charge in [-0.15, -0.1) is 0 Å². The molecule has 0 aliphatic rings. The summed E-state index contributed by atoms with van der Waals surface area (Å²) in [6.45, 7) is 8.16. The Balaban J connectivity index is 3.71. The van der Waals surface area contributed by atoms with E-state index in [1.54, 1.807) is 14.0 Å². The summed E-state index contributed by atoms with van der Waals surface area (Å²) in [5.74, 6) is 0.665. The molecule has 0 saturated carbocycles. The van der Waals surface area contributed by atoms with Crippen molar-refractivity contribution in [3.8, 4) is 0 Å². The predicted molar refractivity (Wildman–Crippen MR) is 58.1 cm³/mol. The van der Waals surface area contributed by atoms with Crippen LogP contribution in [0.1, 0.15) is 40.5 Å². The van der Waals surface area contributed by atoms with Crippen molar-refractivity contribution in [1.29, 1.82) is 0 Å². The van der Waals surface area contributed by atoms with Crippen molar-refractivity contribution in [1.82, 2.24) is 5.32 Å². The van der Waals surface area contributed by atoms with Gasteiger partial charge in [0.1, 0.15) is 6.10 Å². The van der Waals surface area contributed by atoms with Gasteiger partial charge in [0.15, 0.2) is 0 Å². The maximum atomic E-state index is 11.4. The molecular formula is C11H23NO2. The lowest BCUT2D eigenvalue weighted by Gasteiger charge is -2.17. The number of amides is 1. The minimum atomic E-state index is -0.350. The summed E-state index contributed by atoms with van der Waals surface area (Å²) in [4.78, 5) is 11.4. The number of hydrogen-bond acceptors (Lipinski definition) is 2. The number of methoxy groups -OCH3 is 1. The zero-order valence-corrected chi connectivity index (χ0v) is 9.96. The minimum absolute atomic E-state index is 0.0243. The molecule has 0 heterocycles. The van der Waals surface area contributed by atoms with Gasteiger partial charge >= 0.3 is 0 Å². The van der Waals surface area contributed by atoms with Gasteiger partial charge in [-0.05, 0) is 32.6 Å². The van der Waals surface area contributed by atoms with E-state index in [2.05, 4.69) is 19.2 Å². The van der Waals surface area contributed by atoms with Crippen LogP contribution >= 0.6 is 0 Å². The Morgan fingerprint density at radius 3 is 2.21 bits per heavy atom. The highest BCUT2D eigenvalue weighted by atomic mass is 16.5. The number of carbonyl (C=O) groups excluding carboxylic acids is 1. The van der Waals surface area contributed by atoms with Crippen LogP contribution in [-0.2, 0) is 9.53 Å². The smallest absolute Gasteiger partial charge is 0.249 e. The third-order valence-electron chi connectivity index (χ3n) is 2.29. The molecule has 1 N–H and O–H groups in total. The van der Waals surface area contributed by atoms with Crippen LogP contribution in [0, 0.1) is 5.92 Å². The SMILES string of the molecule is COC(C)C(=O)NC(C)CCC(C)C. The van der Waals surface area contributed by atoms with Crippen molar-refractivity contribution in [2.45, 2.75) is 52.7 Å². The molecule has 0 aromatic rings. The summed E-state index contributed by atoms with van der Waals surface area (Å²) in [5, 5.41) is 2.92. The van der Waals surface area contributed by atoms with E-state index in [0.29, 0.717) is 5.92 Å². The quantitative estimate of drug-likeness (QED) is 0.713. The predicted octanol–water partition coefficient (Wildman–Crippen LogP) is 1.96. The Morgan fingerprint density at radius 1 is 1.21 bits per heavy atom. The van der Waals surface area contributed by atoms with Crippen LogP contribution < -0.4 is 5.32 Å². The summed E-state index contributed by atoms with van der Waals surface area (Å²) in [6, 6.07) is 0.238. The molecule has 0 radical (unpaired) electrons. The van der Waals surface area contributed by atoms with Crippen molar-refractivity contribution in [3.63, 3.8) is 0 Å². The molecule has 14 heavy (non-hydrogen) atoms. The number of carbonyl (C=O) groups is 1. The van der Waals surface area contributed by atoms with E-state index in [-0.39, 0.29) is 18.1 Å². The zero-order chi connectivity index (χ0) is 11.1. The first-order valence-electron chi connectivity index (χ1n) is 5.30. The van der Waals surface area contributed by atoms with E-state index in [1.807, 2.05) is 6.92 Å². The van der Waals surface area contributed by atoms with Crippen molar-refractivity contribution < 1.29 is 9.53 Å². The van der Waals surface area contributed by atoms with Crippen LogP contribution in [0.5, 0.6) is 0 Å². The third kappa shape index (κ3) is 5.97. The van der Waals surface area contributed by atoms with Crippen molar-refractivity contribution >= 4 is 5.91 Å². The van der Waals surface area contributed by atoms with Crippen molar-refractivity contribution in [3.05, 3.63) is 0 Å². The van der Waals surface area contributed by atoms with Crippen LogP contribution in [0.15, 0.2) is 0 Å². The maximum absolute atomic E-state index is 11.4. The van der Waals surface area contributed by atoms with Gasteiger partial charge in [-0.3, -0.25) is 4.79 Å². The molecule has 0 aromatic heterocycles. The first-order valence-corrected chi connectivity index (χ1v) is 5.30. The third-order valence-corrected chi connectivity index (χ3v) is 2.29. The van der Waals surface area contributed by atoms with E-state index in [4.69, 9.17) is 4.74 Å². The lowest BCUT2D eigenvalue weighted by molar-refractivity contribution is -0.130. The van der Waals surface area contributed by atoms with Gasteiger partial charge in [0.25, 0.3) is 0 Å². The van der Waals surface area contributed by atoms with Crippen molar-refractivity contribution in [2.24, 2.45) is 5.92 Å². The number of ether oxygens (including phenoxy) is 1. The molecule has 0 aromatic carbocycles. The number of hydrogen-bond donors (Lipinski definition) is 1. The summed E-state index contributed by atoms with van der Waals surface area (Å²) in [7, 11) is 1.54. The molecule has 0 spiro atoms. The first-order chi connectivity index (χ1) is 6.47. The Hall–Kier alpha value is -0.570. The molecule has 3 nitrogen and oxygen atoms in total. The van der Waals surface area contributed by atoms with E-state index < -0.39 is 0 Å². The highest BCUT2D eigenvalue weighted by Crippen LogP contribution is 2.06. The topological polar surface area (TPSA) is 38.3 Å². The average molecular weight is 201 g/mol. The Labute approximate surface area is 87.2 Å².